The third-order valence-electron chi connectivity index (χ3n) is 3.27. The number of benzene rings is 1. The monoisotopic (exact) mass is 249 g/mol. The third-order valence-corrected chi connectivity index (χ3v) is 3.27. The smallest absolute Gasteiger partial charge is 0.307 e. The Kier molecular flexibility index (Phi) is 5.86. The van der Waals surface area contributed by atoms with Gasteiger partial charge in [-0.05, 0) is 24.6 Å². The van der Waals surface area contributed by atoms with Crippen LogP contribution in [0.1, 0.15) is 37.4 Å². The summed E-state index contributed by atoms with van der Waals surface area (Å²) in [4.78, 5) is 13.6. The van der Waals surface area contributed by atoms with Crippen LogP contribution in [0.3, 0.4) is 0 Å². The molecule has 0 N–H and O–H groups in total. The topological polar surface area (TPSA) is 29.5 Å². The van der Waals surface area contributed by atoms with Crippen molar-refractivity contribution in [2.45, 2.75) is 32.7 Å². The summed E-state index contributed by atoms with van der Waals surface area (Å²) in [5, 5.41) is 0. The van der Waals surface area contributed by atoms with Crippen LogP contribution < -0.4 is 0 Å². The molecule has 1 aromatic rings. The minimum Gasteiger partial charge on any atom is -0.469 e. The van der Waals surface area contributed by atoms with E-state index in [1.54, 1.807) is 0 Å². The largest absolute Gasteiger partial charge is 0.469 e. The van der Waals surface area contributed by atoms with Crippen LogP contribution in [-0.4, -0.2) is 31.6 Å². The van der Waals surface area contributed by atoms with Crippen LogP contribution in [0.15, 0.2) is 24.3 Å². The maximum atomic E-state index is 11.4. The van der Waals surface area contributed by atoms with E-state index in [9.17, 15) is 4.79 Å². The van der Waals surface area contributed by atoms with E-state index >= 15 is 0 Å². The Hall–Kier alpha value is -1.35. The van der Waals surface area contributed by atoms with Gasteiger partial charge in [-0.25, -0.2) is 0 Å². The second-order valence-electron chi connectivity index (χ2n) is 4.23. The zero-order valence-corrected chi connectivity index (χ0v) is 11.8. The molecule has 1 heterocycles. The molecule has 1 atom stereocenters. The molecule has 2 rings (SSSR count). The number of hydrogen-bond donors (Lipinski definition) is 0. The van der Waals surface area contributed by atoms with Gasteiger partial charge >= 0.3 is 5.97 Å². The summed E-state index contributed by atoms with van der Waals surface area (Å²) in [5.74, 6) is -0.145. The minimum absolute atomic E-state index is 0.145. The average Bonchev–Trinajstić information content (AvgIpc) is 2.44. The normalized spacial score (nSPS) is 18.3. The highest BCUT2D eigenvalue weighted by Gasteiger charge is 2.26. The van der Waals surface area contributed by atoms with Gasteiger partial charge < -0.3 is 4.74 Å². The molecular formula is C15H23NO2. The van der Waals surface area contributed by atoms with E-state index in [4.69, 9.17) is 4.74 Å². The second-order valence-corrected chi connectivity index (χ2v) is 4.23. The first-order chi connectivity index (χ1) is 8.72. The molecule has 0 saturated carbocycles. The lowest BCUT2D eigenvalue weighted by Crippen LogP contribution is -2.33. The molecule has 1 unspecified atom stereocenters. The highest BCUT2D eigenvalue weighted by atomic mass is 16.5. The molecule has 100 valence electrons. The van der Waals surface area contributed by atoms with E-state index in [1.165, 1.54) is 18.2 Å². The molecule has 18 heavy (non-hydrogen) atoms. The Morgan fingerprint density at radius 1 is 1.39 bits per heavy atom. The van der Waals surface area contributed by atoms with Gasteiger partial charge in [0.1, 0.15) is 0 Å². The lowest BCUT2D eigenvalue weighted by Gasteiger charge is -2.33. The Balaban J connectivity index is 0.000000771. The van der Waals surface area contributed by atoms with Gasteiger partial charge in [0, 0.05) is 12.6 Å². The summed E-state index contributed by atoms with van der Waals surface area (Å²) < 4.78 is 4.75. The van der Waals surface area contributed by atoms with Crippen LogP contribution in [0.4, 0.5) is 0 Å². The average molecular weight is 249 g/mol. The quantitative estimate of drug-likeness (QED) is 0.755. The molecule has 0 aromatic heterocycles. The SMILES string of the molecule is CC.COC(=O)CC1c2ccccc2CCN1C. The number of methoxy groups -OCH3 is 1. The van der Waals surface area contributed by atoms with Gasteiger partial charge in [-0.1, -0.05) is 38.1 Å². The van der Waals surface area contributed by atoms with Gasteiger partial charge in [-0.3, -0.25) is 9.69 Å². The first-order valence-corrected chi connectivity index (χ1v) is 6.57. The summed E-state index contributed by atoms with van der Waals surface area (Å²) in [6.07, 6.45) is 1.49. The predicted octanol–water partition coefficient (Wildman–Crippen LogP) is 2.80. The van der Waals surface area contributed by atoms with Crippen molar-refractivity contribution in [1.82, 2.24) is 4.90 Å². The van der Waals surface area contributed by atoms with Crippen molar-refractivity contribution >= 4 is 5.97 Å². The van der Waals surface area contributed by atoms with Gasteiger partial charge in [-0.15, -0.1) is 0 Å². The molecule has 0 bridgehead atoms. The fraction of sp³-hybridized carbons (Fsp3) is 0.533. The maximum Gasteiger partial charge on any atom is 0.307 e. The molecule has 3 heteroatoms. The molecule has 0 aliphatic carbocycles. The van der Waals surface area contributed by atoms with Crippen molar-refractivity contribution in [1.29, 1.82) is 0 Å². The Bertz CT molecular complexity index is 390. The molecule has 0 spiro atoms. The molecule has 0 amide bonds. The predicted molar refractivity (Wildman–Crippen MR) is 73.5 cm³/mol. The number of carbonyl (C=O) groups is 1. The fourth-order valence-electron chi connectivity index (χ4n) is 2.28. The highest BCUT2D eigenvalue weighted by Crippen LogP contribution is 2.30. The number of likely N-dealkylation sites (N-methyl/N-ethyl adjacent to an activating group) is 1. The van der Waals surface area contributed by atoms with Crippen LogP contribution in [0.2, 0.25) is 0 Å². The van der Waals surface area contributed by atoms with E-state index < -0.39 is 0 Å². The maximum absolute atomic E-state index is 11.4. The van der Waals surface area contributed by atoms with E-state index in [0.29, 0.717) is 6.42 Å². The summed E-state index contributed by atoms with van der Waals surface area (Å²) in [6.45, 7) is 5.00. The van der Waals surface area contributed by atoms with Crippen LogP contribution in [0, 0.1) is 0 Å². The molecule has 1 aromatic carbocycles. The Morgan fingerprint density at radius 2 is 2.06 bits per heavy atom. The zero-order chi connectivity index (χ0) is 13.5. The molecule has 3 nitrogen and oxygen atoms in total. The second kappa shape index (κ2) is 7.17. The summed E-state index contributed by atoms with van der Waals surface area (Å²) in [7, 11) is 3.50. The van der Waals surface area contributed by atoms with Crippen molar-refractivity contribution in [3.63, 3.8) is 0 Å². The molecule has 0 radical (unpaired) electrons. The number of ether oxygens (including phenoxy) is 1. The third kappa shape index (κ3) is 3.33. The van der Waals surface area contributed by atoms with Gasteiger partial charge in [0.05, 0.1) is 13.5 Å². The lowest BCUT2D eigenvalue weighted by atomic mass is 9.91. The van der Waals surface area contributed by atoms with E-state index in [0.717, 1.165) is 13.0 Å². The first-order valence-electron chi connectivity index (χ1n) is 6.57. The number of carbonyl (C=O) groups excluding carboxylic acids is 1. The standard InChI is InChI=1S/C13H17NO2.C2H6/c1-14-8-7-10-5-3-4-6-11(10)12(14)9-13(15)16-2;1-2/h3-6,12H,7-9H2,1-2H3;1-2H3. The van der Waals surface area contributed by atoms with Crippen molar-refractivity contribution in [3.8, 4) is 0 Å². The van der Waals surface area contributed by atoms with Crippen molar-refractivity contribution in [2.75, 3.05) is 20.7 Å². The summed E-state index contributed by atoms with van der Waals surface area (Å²) in [5.41, 5.74) is 2.62. The van der Waals surface area contributed by atoms with Crippen molar-refractivity contribution in [2.24, 2.45) is 0 Å². The van der Waals surface area contributed by atoms with Crippen molar-refractivity contribution < 1.29 is 9.53 Å². The fourth-order valence-corrected chi connectivity index (χ4v) is 2.28. The van der Waals surface area contributed by atoms with Crippen LogP contribution in [-0.2, 0) is 16.0 Å². The van der Waals surface area contributed by atoms with E-state index in [2.05, 4.69) is 30.1 Å². The number of esters is 1. The van der Waals surface area contributed by atoms with Gasteiger partial charge in [0.15, 0.2) is 0 Å². The summed E-state index contributed by atoms with van der Waals surface area (Å²) in [6, 6.07) is 8.50. The van der Waals surface area contributed by atoms with Crippen LogP contribution in [0.5, 0.6) is 0 Å². The molecule has 1 aliphatic rings. The number of rotatable bonds is 2. The van der Waals surface area contributed by atoms with E-state index in [-0.39, 0.29) is 12.0 Å². The van der Waals surface area contributed by atoms with Gasteiger partial charge in [-0.2, -0.15) is 0 Å². The lowest BCUT2D eigenvalue weighted by molar-refractivity contribution is -0.142. The molecule has 1 aliphatic heterocycles. The Labute approximate surface area is 110 Å². The molecule has 0 fully saturated rings. The number of nitrogens with zero attached hydrogens (tertiary/aromatic N) is 1. The molecular weight excluding hydrogens is 226 g/mol. The number of fused-ring (bicyclic) bond motifs is 1. The van der Waals surface area contributed by atoms with Crippen molar-refractivity contribution in [3.05, 3.63) is 35.4 Å². The summed E-state index contributed by atoms with van der Waals surface area (Å²) >= 11 is 0. The minimum atomic E-state index is -0.145. The van der Waals surface area contributed by atoms with E-state index in [1.807, 2.05) is 19.9 Å². The zero-order valence-electron chi connectivity index (χ0n) is 11.8. The van der Waals surface area contributed by atoms with Gasteiger partial charge in [0.2, 0.25) is 0 Å². The van der Waals surface area contributed by atoms with Gasteiger partial charge in [0.25, 0.3) is 0 Å². The van der Waals surface area contributed by atoms with Crippen LogP contribution in [0.25, 0.3) is 0 Å². The molecule has 0 saturated heterocycles. The number of hydrogen-bond acceptors (Lipinski definition) is 3. The highest BCUT2D eigenvalue weighted by molar-refractivity contribution is 5.70. The Morgan fingerprint density at radius 3 is 2.72 bits per heavy atom. The van der Waals surface area contributed by atoms with Crippen LogP contribution >= 0.6 is 0 Å². The first kappa shape index (κ1) is 14.7.